The fraction of sp³-hybridized carbons (Fsp3) is 0.481. The molecule has 33 heavy (non-hydrogen) atoms. The molecular formula is C27H36O6. The van der Waals surface area contributed by atoms with Crippen LogP contribution in [0.15, 0.2) is 36.4 Å². The van der Waals surface area contributed by atoms with Gasteiger partial charge in [-0.3, -0.25) is 9.59 Å². The molecule has 0 radical (unpaired) electrons. The number of aldehydes is 2. The van der Waals surface area contributed by atoms with E-state index in [2.05, 4.69) is 12.1 Å². The van der Waals surface area contributed by atoms with Gasteiger partial charge in [-0.15, -0.1) is 0 Å². The first-order chi connectivity index (χ1) is 16.2. The van der Waals surface area contributed by atoms with E-state index in [4.69, 9.17) is 18.9 Å². The SMILES string of the molecule is COCCOCOc1ccc(CCCCCCCCOc2c(C=O)cc(C)cc2C=O)cc1. The van der Waals surface area contributed by atoms with E-state index in [0.29, 0.717) is 36.7 Å². The molecule has 0 heterocycles. The summed E-state index contributed by atoms with van der Waals surface area (Å²) < 4.78 is 21.5. The molecule has 180 valence electrons. The fourth-order valence-electron chi connectivity index (χ4n) is 3.55. The zero-order valence-electron chi connectivity index (χ0n) is 19.8. The first-order valence-electron chi connectivity index (χ1n) is 11.6. The van der Waals surface area contributed by atoms with Crippen LogP contribution in [0.2, 0.25) is 0 Å². The number of carbonyl (C=O) groups is 2. The normalized spacial score (nSPS) is 10.7. The van der Waals surface area contributed by atoms with Gasteiger partial charge in [0.25, 0.3) is 0 Å². The predicted molar refractivity (Wildman–Crippen MR) is 129 cm³/mol. The van der Waals surface area contributed by atoms with Gasteiger partial charge in [-0.2, -0.15) is 0 Å². The Morgan fingerprint density at radius 3 is 2.03 bits per heavy atom. The molecule has 2 aromatic carbocycles. The van der Waals surface area contributed by atoms with Crippen LogP contribution in [-0.2, 0) is 15.9 Å². The van der Waals surface area contributed by atoms with Crippen LogP contribution in [0.1, 0.15) is 70.4 Å². The Hall–Kier alpha value is -2.70. The molecule has 6 nitrogen and oxygen atoms in total. The standard InChI is InChI=1S/C27H36O6/c1-22-17-24(19-28)27(25(18-22)20-29)32-14-8-6-4-3-5-7-9-23-10-12-26(13-11-23)33-21-31-16-15-30-2/h10-13,17-20H,3-9,14-16,21H2,1-2H3. The van der Waals surface area contributed by atoms with Crippen LogP contribution in [0.25, 0.3) is 0 Å². The molecular weight excluding hydrogens is 420 g/mol. The minimum atomic E-state index is 0.231. The summed E-state index contributed by atoms with van der Waals surface area (Å²) in [6.45, 7) is 3.69. The van der Waals surface area contributed by atoms with Gasteiger partial charge in [-0.1, -0.05) is 37.8 Å². The van der Waals surface area contributed by atoms with Crippen molar-refractivity contribution in [2.24, 2.45) is 0 Å². The zero-order valence-corrected chi connectivity index (χ0v) is 19.8. The number of unbranched alkanes of at least 4 members (excludes halogenated alkanes) is 5. The number of benzene rings is 2. The molecule has 0 unspecified atom stereocenters. The quantitative estimate of drug-likeness (QED) is 0.166. The molecule has 0 aromatic heterocycles. The molecule has 0 N–H and O–H groups in total. The van der Waals surface area contributed by atoms with E-state index in [1.54, 1.807) is 19.2 Å². The summed E-state index contributed by atoms with van der Waals surface area (Å²) in [5, 5.41) is 0. The van der Waals surface area contributed by atoms with Gasteiger partial charge in [-0.05, 0) is 61.6 Å². The molecule has 0 saturated heterocycles. The minimum Gasteiger partial charge on any atom is -0.492 e. The lowest BCUT2D eigenvalue weighted by Gasteiger charge is -2.11. The second-order valence-electron chi connectivity index (χ2n) is 8.04. The monoisotopic (exact) mass is 456 g/mol. The summed E-state index contributed by atoms with van der Waals surface area (Å²) in [4.78, 5) is 22.5. The third kappa shape index (κ3) is 10.2. The molecule has 0 aliphatic rings. The molecule has 2 rings (SSSR count). The summed E-state index contributed by atoms with van der Waals surface area (Å²) in [5.41, 5.74) is 3.06. The maximum absolute atomic E-state index is 11.3. The molecule has 0 saturated carbocycles. The molecule has 0 aliphatic heterocycles. The topological polar surface area (TPSA) is 71.1 Å². The molecule has 0 aliphatic carbocycles. The minimum absolute atomic E-state index is 0.231. The van der Waals surface area contributed by atoms with Crippen molar-refractivity contribution in [1.82, 2.24) is 0 Å². The molecule has 6 heteroatoms. The first kappa shape index (κ1) is 26.6. The Bertz CT molecular complexity index is 802. The van der Waals surface area contributed by atoms with Crippen molar-refractivity contribution in [2.75, 3.05) is 33.7 Å². The summed E-state index contributed by atoms with van der Waals surface area (Å²) in [6.07, 6.45) is 9.20. The highest BCUT2D eigenvalue weighted by Gasteiger charge is 2.10. The summed E-state index contributed by atoms with van der Waals surface area (Å²) in [7, 11) is 1.64. The summed E-state index contributed by atoms with van der Waals surface area (Å²) in [5.74, 6) is 1.21. The molecule has 0 spiro atoms. The maximum atomic E-state index is 11.3. The van der Waals surface area contributed by atoms with Crippen molar-refractivity contribution in [3.05, 3.63) is 58.7 Å². The maximum Gasteiger partial charge on any atom is 0.189 e. The van der Waals surface area contributed by atoms with Gasteiger partial charge in [0.05, 0.1) is 30.9 Å². The number of methoxy groups -OCH3 is 1. The van der Waals surface area contributed by atoms with Crippen LogP contribution in [0.4, 0.5) is 0 Å². The molecule has 0 atom stereocenters. The number of hydrogen-bond donors (Lipinski definition) is 0. The highest BCUT2D eigenvalue weighted by Crippen LogP contribution is 2.24. The lowest BCUT2D eigenvalue weighted by atomic mass is 10.0. The number of hydrogen-bond acceptors (Lipinski definition) is 6. The second-order valence-corrected chi connectivity index (χ2v) is 8.04. The van der Waals surface area contributed by atoms with Gasteiger partial charge < -0.3 is 18.9 Å². The van der Waals surface area contributed by atoms with Gasteiger partial charge in [0.15, 0.2) is 19.4 Å². The van der Waals surface area contributed by atoms with Crippen LogP contribution in [0.5, 0.6) is 11.5 Å². The average Bonchev–Trinajstić information content (AvgIpc) is 2.83. The number of carbonyl (C=O) groups excluding carboxylic acids is 2. The van der Waals surface area contributed by atoms with E-state index in [1.807, 2.05) is 19.1 Å². The Morgan fingerprint density at radius 1 is 0.758 bits per heavy atom. The molecule has 0 bridgehead atoms. The molecule has 2 aromatic rings. The fourth-order valence-corrected chi connectivity index (χ4v) is 3.55. The Morgan fingerprint density at radius 2 is 1.39 bits per heavy atom. The highest BCUT2D eigenvalue weighted by atomic mass is 16.7. The van der Waals surface area contributed by atoms with Crippen molar-refractivity contribution in [1.29, 1.82) is 0 Å². The van der Waals surface area contributed by atoms with E-state index in [1.165, 1.54) is 18.4 Å². The lowest BCUT2D eigenvalue weighted by molar-refractivity contribution is -0.00847. The van der Waals surface area contributed by atoms with Gasteiger partial charge in [0.2, 0.25) is 0 Å². The van der Waals surface area contributed by atoms with E-state index in [-0.39, 0.29) is 6.79 Å². The largest absolute Gasteiger partial charge is 0.492 e. The average molecular weight is 457 g/mol. The Labute approximate surface area is 197 Å². The first-order valence-corrected chi connectivity index (χ1v) is 11.6. The van der Waals surface area contributed by atoms with Crippen LogP contribution >= 0.6 is 0 Å². The Balaban J connectivity index is 1.54. The van der Waals surface area contributed by atoms with Gasteiger partial charge >= 0.3 is 0 Å². The van der Waals surface area contributed by atoms with Crippen LogP contribution in [0.3, 0.4) is 0 Å². The van der Waals surface area contributed by atoms with E-state index in [0.717, 1.165) is 56.0 Å². The van der Waals surface area contributed by atoms with E-state index < -0.39 is 0 Å². The van der Waals surface area contributed by atoms with Crippen molar-refractivity contribution in [3.63, 3.8) is 0 Å². The van der Waals surface area contributed by atoms with Crippen molar-refractivity contribution in [3.8, 4) is 11.5 Å². The summed E-state index contributed by atoms with van der Waals surface area (Å²) >= 11 is 0. The van der Waals surface area contributed by atoms with Crippen LogP contribution in [0, 0.1) is 6.92 Å². The number of aryl methyl sites for hydroxylation is 2. The summed E-state index contributed by atoms with van der Waals surface area (Å²) in [6, 6.07) is 11.7. The van der Waals surface area contributed by atoms with E-state index >= 15 is 0 Å². The zero-order chi connectivity index (χ0) is 23.7. The van der Waals surface area contributed by atoms with Gasteiger partial charge in [-0.25, -0.2) is 0 Å². The Kier molecular flexibility index (Phi) is 12.9. The number of rotatable bonds is 18. The second kappa shape index (κ2) is 16.0. The third-order valence-corrected chi connectivity index (χ3v) is 5.31. The molecule has 0 amide bonds. The smallest absolute Gasteiger partial charge is 0.189 e. The van der Waals surface area contributed by atoms with Crippen molar-refractivity contribution < 1.29 is 28.5 Å². The van der Waals surface area contributed by atoms with Crippen LogP contribution < -0.4 is 9.47 Å². The lowest BCUT2D eigenvalue weighted by Crippen LogP contribution is -2.07. The predicted octanol–water partition coefficient (Wildman–Crippen LogP) is 5.58. The van der Waals surface area contributed by atoms with E-state index in [9.17, 15) is 9.59 Å². The molecule has 0 fully saturated rings. The van der Waals surface area contributed by atoms with Gasteiger partial charge in [0.1, 0.15) is 11.5 Å². The third-order valence-electron chi connectivity index (χ3n) is 5.31. The van der Waals surface area contributed by atoms with Crippen LogP contribution in [-0.4, -0.2) is 46.3 Å². The van der Waals surface area contributed by atoms with Crippen molar-refractivity contribution in [2.45, 2.75) is 51.9 Å². The van der Waals surface area contributed by atoms with Crippen molar-refractivity contribution >= 4 is 12.6 Å². The highest BCUT2D eigenvalue weighted by molar-refractivity contribution is 5.89. The van der Waals surface area contributed by atoms with Gasteiger partial charge in [0, 0.05) is 7.11 Å². The number of ether oxygens (including phenoxy) is 4.